The van der Waals surface area contributed by atoms with Gasteiger partial charge in [-0.1, -0.05) is 41.9 Å². The molecule has 9 heteroatoms. The predicted octanol–water partition coefficient (Wildman–Crippen LogP) is 3.74. The van der Waals surface area contributed by atoms with E-state index in [2.05, 4.69) is 0 Å². The molecule has 1 aromatic carbocycles. The van der Waals surface area contributed by atoms with Crippen LogP contribution in [0.2, 0.25) is 5.02 Å². The van der Waals surface area contributed by atoms with Gasteiger partial charge in [-0.25, -0.2) is 13.4 Å². The van der Waals surface area contributed by atoms with E-state index in [1.54, 1.807) is 0 Å². The molecule has 0 bridgehead atoms. The highest BCUT2D eigenvalue weighted by Crippen LogP contribution is 2.44. The molecule has 2 aliphatic rings. The highest BCUT2D eigenvalue weighted by Gasteiger charge is 2.32. The largest absolute Gasteiger partial charge is 0.276 e. The minimum absolute atomic E-state index is 0.00758. The van der Waals surface area contributed by atoms with Crippen LogP contribution in [-0.2, 0) is 38.1 Å². The highest BCUT2D eigenvalue weighted by molar-refractivity contribution is 7.90. The highest BCUT2D eigenvalue weighted by atomic mass is 35.5. The number of carbonyl (C=O) groups is 2. The first kappa shape index (κ1) is 19.7. The Balaban J connectivity index is 1.75. The van der Waals surface area contributed by atoms with Crippen LogP contribution in [0.4, 0.5) is 0 Å². The van der Waals surface area contributed by atoms with Gasteiger partial charge in [-0.15, -0.1) is 11.3 Å². The lowest BCUT2D eigenvalue weighted by molar-refractivity contribution is -0.139. The quantitative estimate of drug-likeness (QED) is 0.556. The van der Waals surface area contributed by atoms with Crippen molar-refractivity contribution in [2.45, 2.75) is 31.6 Å². The molecule has 4 heterocycles. The number of aryl methyl sites for hydroxylation is 1. The second-order valence-corrected chi connectivity index (χ2v) is 11.2. The van der Waals surface area contributed by atoms with Crippen molar-refractivity contribution >= 4 is 54.8 Å². The first-order chi connectivity index (χ1) is 14.3. The van der Waals surface area contributed by atoms with Crippen LogP contribution in [-0.4, -0.2) is 35.9 Å². The second-order valence-electron chi connectivity index (χ2n) is 7.51. The van der Waals surface area contributed by atoms with Crippen LogP contribution in [0.3, 0.4) is 0 Å². The molecule has 6 nitrogen and oxygen atoms in total. The van der Waals surface area contributed by atoms with Gasteiger partial charge in [0.1, 0.15) is 4.83 Å². The fourth-order valence-corrected chi connectivity index (χ4v) is 7.46. The summed E-state index contributed by atoms with van der Waals surface area (Å²) in [5.74, 6) is -0.337. The van der Waals surface area contributed by atoms with E-state index in [1.807, 2.05) is 30.3 Å². The molecule has 0 aliphatic carbocycles. The standard InChI is InChI=1S/C21H17ClN2O4S2/c22-20-14(10-24-16(25)6-7-17(24)26)23-21-19(18(20)12-4-2-1-3-5-12)13-8-9-30(27,28)11-15(13)29-21/h1-5H,6-11H2. The molecule has 0 spiro atoms. The van der Waals surface area contributed by atoms with Gasteiger partial charge in [-0.2, -0.15) is 0 Å². The van der Waals surface area contributed by atoms with Gasteiger partial charge in [0, 0.05) is 28.7 Å². The number of pyridine rings is 1. The SMILES string of the molecule is O=C1CCC(=O)N1Cc1nc2sc3c(c2c(-c2ccccc2)c1Cl)CCS(=O)(=O)C3. The lowest BCUT2D eigenvalue weighted by Crippen LogP contribution is -2.29. The molecule has 2 aromatic heterocycles. The summed E-state index contributed by atoms with van der Waals surface area (Å²) in [6.45, 7) is 0.0210. The maximum absolute atomic E-state index is 12.2. The van der Waals surface area contributed by atoms with E-state index < -0.39 is 9.84 Å². The molecular weight excluding hydrogens is 444 g/mol. The lowest BCUT2D eigenvalue weighted by atomic mass is 9.98. The second kappa shape index (κ2) is 7.14. The summed E-state index contributed by atoms with van der Waals surface area (Å²) in [5, 5.41) is 1.28. The third-order valence-corrected chi connectivity index (χ3v) is 8.84. The Kier molecular flexibility index (Phi) is 4.68. The molecule has 1 fully saturated rings. The number of hydrogen-bond acceptors (Lipinski definition) is 6. The molecule has 3 aromatic rings. The Hall–Kier alpha value is -2.29. The molecule has 154 valence electrons. The topological polar surface area (TPSA) is 84.4 Å². The molecule has 2 amide bonds. The molecule has 2 aliphatic heterocycles. The number of imide groups is 1. The molecular formula is C21H17ClN2O4S2. The summed E-state index contributed by atoms with van der Waals surface area (Å²) in [6.07, 6.45) is 0.836. The monoisotopic (exact) mass is 460 g/mol. The molecule has 5 rings (SSSR count). The zero-order chi connectivity index (χ0) is 21.0. The number of fused-ring (bicyclic) bond motifs is 3. The Morgan fingerprint density at radius 1 is 1.07 bits per heavy atom. The van der Waals surface area contributed by atoms with Crippen LogP contribution in [0.25, 0.3) is 21.3 Å². The van der Waals surface area contributed by atoms with E-state index in [-0.39, 0.29) is 42.7 Å². The van der Waals surface area contributed by atoms with Gasteiger partial charge in [0.15, 0.2) is 9.84 Å². The number of halogens is 1. The van der Waals surface area contributed by atoms with Crippen LogP contribution in [0, 0.1) is 0 Å². The molecule has 30 heavy (non-hydrogen) atoms. The summed E-state index contributed by atoms with van der Waals surface area (Å²) < 4.78 is 24.3. The number of thiophene rings is 1. The summed E-state index contributed by atoms with van der Waals surface area (Å²) >= 11 is 8.18. The van der Waals surface area contributed by atoms with Crippen LogP contribution in [0.15, 0.2) is 30.3 Å². The van der Waals surface area contributed by atoms with Crippen LogP contribution in [0.5, 0.6) is 0 Å². The minimum atomic E-state index is -3.12. The number of sulfone groups is 1. The number of nitrogens with zero attached hydrogens (tertiary/aromatic N) is 2. The van der Waals surface area contributed by atoms with E-state index in [1.165, 1.54) is 16.2 Å². The summed E-state index contributed by atoms with van der Waals surface area (Å²) in [6, 6.07) is 9.62. The molecule has 0 saturated carbocycles. The number of likely N-dealkylation sites (tertiary alicyclic amines) is 1. The fourth-order valence-electron chi connectivity index (χ4n) is 4.10. The number of amides is 2. The molecule has 0 atom stereocenters. The number of aromatic nitrogens is 1. The number of rotatable bonds is 3. The Bertz CT molecular complexity index is 1300. The lowest BCUT2D eigenvalue weighted by Gasteiger charge is -2.18. The van der Waals surface area contributed by atoms with Crippen molar-refractivity contribution in [3.63, 3.8) is 0 Å². The van der Waals surface area contributed by atoms with Crippen LogP contribution in [0.1, 0.15) is 29.0 Å². The van der Waals surface area contributed by atoms with E-state index in [0.29, 0.717) is 22.0 Å². The summed E-state index contributed by atoms with van der Waals surface area (Å²) in [4.78, 5) is 31.6. The van der Waals surface area contributed by atoms with Crippen molar-refractivity contribution in [2.24, 2.45) is 0 Å². The van der Waals surface area contributed by atoms with Gasteiger partial charge >= 0.3 is 0 Å². The zero-order valence-corrected chi connectivity index (χ0v) is 18.2. The van der Waals surface area contributed by atoms with Crippen molar-refractivity contribution in [3.8, 4) is 11.1 Å². The van der Waals surface area contributed by atoms with Crippen molar-refractivity contribution in [1.82, 2.24) is 9.88 Å². The van der Waals surface area contributed by atoms with Crippen molar-refractivity contribution in [3.05, 3.63) is 51.5 Å². The number of hydrogen-bond donors (Lipinski definition) is 0. The Morgan fingerprint density at radius 2 is 1.77 bits per heavy atom. The van der Waals surface area contributed by atoms with Gasteiger partial charge in [0.2, 0.25) is 11.8 Å². The van der Waals surface area contributed by atoms with Crippen molar-refractivity contribution in [2.75, 3.05) is 5.75 Å². The van der Waals surface area contributed by atoms with Gasteiger partial charge < -0.3 is 0 Å². The molecule has 0 radical (unpaired) electrons. The van der Waals surface area contributed by atoms with Gasteiger partial charge in [-0.3, -0.25) is 14.5 Å². The smallest absolute Gasteiger partial charge is 0.230 e. The normalized spacial score (nSPS) is 18.2. The fraction of sp³-hybridized carbons (Fsp3) is 0.286. The third-order valence-electron chi connectivity index (χ3n) is 5.57. The number of benzene rings is 1. The Morgan fingerprint density at radius 3 is 2.47 bits per heavy atom. The molecule has 0 N–H and O–H groups in total. The van der Waals surface area contributed by atoms with Gasteiger partial charge in [-0.05, 0) is 17.5 Å². The Labute approximate surface area is 182 Å². The minimum Gasteiger partial charge on any atom is -0.276 e. The van der Waals surface area contributed by atoms with Crippen LogP contribution < -0.4 is 0 Å². The van der Waals surface area contributed by atoms with Gasteiger partial charge in [0.25, 0.3) is 0 Å². The number of carbonyl (C=O) groups excluding carboxylic acids is 2. The molecule has 0 unspecified atom stereocenters. The maximum Gasteiger partial charge on any atom is 0.230 e. The molecule has 1 saturated heterocycles. The van der Waals surface area contributed by atoms with Crippen molar-refractivity contribution in [1.29, 1.82) is 0 Å². The van der Waals surface area contributed by atoms with Crippen LogP contribution >= 0.6 is 22.9 Å². The van der Waals surface area contributed by atoms with E-state index in [9.17, 15) is 18.0 Å². The average molecular weight is 461 g/mol. The first-order valence-corrected chi connectivity index (χ1v) is 12.6. The van der Waals surface area contributed by atoms with Gasteiger partial charge in [0.05, 0.1) is 28.8 Å². The summed E-state index contributed by atoms with van der Waals surface area (Å²) in [7, 11) is -3.12. The first-order valence-electron chi connectivity index (χ1n) is 9.56. The third kappa shape index (κ3) is 3.23. The van der Waals surface area contributed by atoms with E-state index >= 15 is 0 Å². The van der Waals surface area contributed by atoms with E-state index in [0.717, 1.165) is 27.0 Å². The van der Waals surface area contributed by atoms with E-state index in [4.69, 9.17) is 16.6 Å². The predicted molar refractivity (Wildman–Crippen MR) is 116 cm³/mol. The average Bonchev–Trinajstić information content (AvgIpc) is 3.21. The summed E-state index contributed by atoms with van der Waals surface area (Å²) in [5.41, 5.74) is 3.11. The van der Waals surface area contributed by atoms with Crippen molar-refractivity contribution < 1.29 is 18.0 Å². The maximum atomic E-state index is 12.2. The zero-order valence-electron chi connectivity index (χ0n) is 15.9.